The second-order valence-electron chi connectivity index (χ2n) is 3.82. The Morgan fingerprint density at radius 1 is 1.19 bits per heavy atom. The zero-order chi connectivity index (χ0) is 12.4. The summed E-state index contributed by atoms with van der Waals surface area (Å²) in [6.07, 6.45) is 0.0407. The third-order valence-corrected chi connectivity index (χ3v) is 3.63. The number of benzene rings is 1. The minimum atomic E-state index is -1.48. The van der Waals surface area contributed by atoms with Crippen LogP contribution in [0.15, 0.2) is 24.3 Å². The van der Waals surface area contributed by atoms with Crippen LogP contribution in [0.5, 0.6) is 0 Å². The smallest absolute Gasteiger partial charge is 0.193 e. The Morgan fingerprint density at radius 3 is 2.06 bits per heavy atom. The summed E-state index contributed by atoms with van der Waals surface area (Å²) in [7, 11) is 0. The van der Waals surface area contributed by atoms with Gasteiger partial charge in [0, 0.05) is 11.8 Å². The van der Waals surface area contributed by atoms with Crippen LogP contribution in [0.3, 0.4) is 0 Å². The molecule has 1 atom stereocenters. The average molecular weight is 346 g/mol. The first-order valence-corrected chi connectivity index (χ1v) is 6.95. The number of hydrogen-bond acceptors (Lipinski definition) is 1. The van der Waals surface area contributed by atoms with E-state index in [2.05, 4.69) is 15.9 Å². The van der Waals surface area contributed by atoms with Gasteiger partial charge in [0.15, 0.2) is 3.79 Å². The van der Waals surface area contributed by atoms with Crippen molar-refractivity contribution in [2.75, 3.05) is 5.33 Å². The highest BCUT2D eigenvalue weighted by atomic mass is 79.9. The van der Waals surface area contributed by atoms with Crippen LogP contribution >= 0.6 is 50.7 Å². The van der Waals surface area contributed by atoms with E-state index in [-0.39, 0.29) is 6.42 Å². The molecule has 0 aliphatic rings. The van der Waals surface area contributed by atoms with Gasteiger partial charge in [0.05, 0.1) is 0 Å². The van der Waals surface area contributed by atoms with Crippen LogP contribution in [-0.4, -0.2) is 14.2 Å². The van der Waals surface area contributed by atoms with Crippen LogP contribution in [0.2, 0.25) is 0 Å². The molecular weight excluding hydrogens is 334 g/mol. The fraction of sp³-hybridized carbons (Fsp3) is 0.455. The van der Waals surface area contributed by atoms with Crippen LogP contribution in [0.1, 0.15) is 17.5 Å². The first-order chi connectivity index (χ1) is 7.27. The molecule has 90 valence electrons. The Labute approximate surface area is 119 Å². The Morgan fingerprint density at radius 2 is 1.69 bits per heavy atom. The first kappa shape index (κ1) is 14.6. The topological polar surface area (TPSA) is 20.2 Å². The van der Waals surface area contributed by atoms with Crippen molar-refractivity contribution in [3.05, 3.63) is 35.4 Å². The molecule has 0 fully saturated rings. The molecule has 0 amide bonds. The molecule has 1 rings (SSSR count). The lowest BCUT2D eigenvalue weighted by Crippen LogP contribution is -2.32. The number of alkyl halides is 4. The van der Waals surface area contributed by atoms with E-state index in [1.807, 2.05) is 31.2 Å². The Hall–Kier alpha value is 0.530. The summed E-state index contributed by atoms with van der Waals surface area (Å²) >= 11 is 20.4. The number of aryl methyl sites for hydroxylation is 1. The van der Waals surface area contributed by atoms with Crippen molar-refractivity contribution in [2.45, 2.75) is 22.7 Å². The molecule has 0 aliphatic heterocycles. The van der Waals surface area contributed by atoms with Crippen LogP contribution in [-0.2, 0) is 5.60 Å². The molecule has 1 nitrogen and oxygen atoms in total. The maximum atomic E-state index is 10.4. The summed E-state index contributed by atoms with van der Waals surface area (Å²) < 4.78 is -1.48. The highest BCUT2D eigenvalue weighted by Gasteiger charge is 2.37. The summed E-state index contributed by atoms with van der Waals surface area (Å²) in [5.74, 6) is 0. The maximum Gasteiger partial charge on any atom is 0.193 e. The summed E-state index contributed by atoms with van der Waals surface area (Å²) in [4.78, 5) is 0. The van der Waals surface area contributed by atoms with E-state index in [1.54, 1.807) is 0 Å². The maximum absolute atomic E-state index is 10.4. The van der Waals surface area contributed by atoms with Gasteiger partial charge in [-0.15, -0.1) is 0 Å². The molecule has 0 radical (unpaired) electrons. The van der Waals surface area contributed by atoms with Crippen molar-refractivity contribution in [3.63, 3.8) is 0 Å². The molecule has 1 aromatic carbocycles. The van der Waals surface area contributed by atoms with E-state index < -0.39 is 9.39 Å². The Kier molecular flexibility index (Phi) is 4.97. The fourth-order valence-electron chi connectivity index (χ4n) is 1.42. The van der Waals surface area contributed by atoms with Crippen LogP contribution < -0.4 is 0 Å². The highest BCUT2D eigenvalue weighted by Crippen LogP contribution is 2.40. The molecule has 0 unspecified atom stereocenters. The number of hydrogen-bond donors (Lipinski definition) is 1. The number of rotatable bonds is 3. The minimum Gasteiger partial charge on any atom is -0.384 e. The zero-order valence-electron chi connectivity index (χ0n) is 8.68. The van der Waals surface area contributed by atoms with Crippen LogP contribution in [0.25, 0.3) is 0 Å². The molecule has 5 heteroatoms. The molecule has 0 saturated carbocycles. The molecule has 0 aliphatic carbocycles. The molecular formula is C11H12BrCl3O. The van der Waals surface area contributed by atoms with Gasteiger partial charge in [-0.1, -0.05) is 80.6 Å². The Balaban J connectivity index is 3.00. The number of aliphatic hydroxyl groups is 1. The number of halogens is 4. The van der Waals surface area contributed by atoms with Crippen molar-refractivity contribution >= 4 is 50.7 Å². The van der Waals surface area contributed by atoms with Gasteiger partial charge in [-0.2, -0.15) is 0 Å². The van der Waals surface area contributed by atoms with E-state index in [9.17, 15) is 5.11 Å². The fourth-order valence-corrected chi connectivity index (χ4v) is 2.61. The standard InChI is InChI=1S/C11H12BrCl3O/c1-8-2-4-9(5-3-8)10(16,7-12)6-11(13,14)15/h2-5,16H,6-7H2,1H3/t10-/m1/s1. The average Bonchev–Trinajstić information content (AvgIpc) is 2.16. The molecule has 1 N–H and O–H groups in total. The van der Waals surface area contributed by atoms with Gasteiger partial charge in [0.25, 0.3) is 0 Å². The molecule has 0 aromatic heterocycles. The second kappa shape index (κ2) is 5.45. The van der Waals surface area contributed by atoms with E-state index in [4.69, 9.17) is 34.8 Å². The second-order valence-corrected chi connectivity index (χ2v) is 6.90. The third-order valence-electron chi connectivity index (χ3n) is 2.30. The van der Waals surface area contributed by atoms with Gasteiger partial charge < -0.3 is 5.11 Å². The van der Waals surface area contributed by atoms with Gasteiger partial charge in [-0.05, 0) is 12.5 Å². The van der Waals surface area contributed by atoms with E-state index in [0.717, 1.165) is 11.1 Å². The lowest BCUT2D eigenvalue weighted by atomic mass is 9.92. The van der Waals surface area contributed by atoms with Crippen LogP contribution in [0, 0.1) is 6.92 Å². The van der Waals surface area contributed by atoms with Gasteiger partial charge >= 0.3 is 0 Å². The molecule has 0 heterocycles. The minimum absolute atomic E-state index is 0.0407. The molecule has 0 bridgehead atoms. The quantitative estimate of drug-likeness (QED) is 0.807. The van der Waals surface area contributed by atoms with E-state index in [1.165, 1.54) is 0 Å². The predicted molar refractivity (Wildman–Crippen MR) is 73.8 cm³/mol. The molecule has 0 saturated heterocycles. The lowest BCUT2D eigenvalue weighted by Gasteiger charge is -2.29. The van der Waals surface area contributed by atoms with Gasteiger partial charge in [-0.25, -0.2) is 0 Å². The predicted octanol–water partition coefficient (Wildman–Crippen LogP) is 4.34. The van der Waals surface area contributed by atoms with Crippen molar-refractivity contribution in [3.8, 4) is 0 Å². The lowest BCUT2D eigenvalue weighted by molar-refractivity contribution is 0.0556. The van der Waals surface area contributed by atoms with Gasteiger partial charge in [0.2, 0.25) is 0 Å². The largest absolute Gasteiger partial charge is 0.384 e. The van der Waals surface area contributed by atoms with Gasteiger partial charge in [0.1, 0.15) is 5.60 Å². The van der Waals surface area contributed by atoms with Crippen molar-refractivity contribution in [1.29, 1.82) is 0 Å². The zero-order valence-corrected chi connectivity index (χ0v) is 12.5. The highest BCUT2D eigenvalue weighted by molar-refractivity contribution is 9.09. The monoisotopic (exact) mass is 344 g/mol. The summed E-state index contributed by atoms with van der Waals surface area (Å²) in [6.45, 7) is 1.98. The molecule has 0 spiro atoms. The van der Waals surface area contributed by atoms with Crippen molar-refractivity contribution < 1.29 is 5.11 Å². The summed E-state index contributed by atoms with van der Waals surface area (Å²) in [5, 5.41) is 10.7. The van der Waals surface area contributed by atoms with Crippen molar-refractivity contribution in [2.24, 2.45) is 0 Å². The first-order valence-electron chi connectivity index (χ1n) is 4.69. The summed E-state index contributed by atoms with van der Waals surface area (Å²) in [5.41, 5.74) is 0.690. The van der Waals surface area contributed by atoms with E-state index >= 15 is 0 Å². The normalized spacial score (nSPS) is 15.9. The van der Waals surface area contributed by atoms with Crippen molar-refractivity contribution in [1.82, 2.24) is 0 Å². The Bertz CT molecular complexity index is 347. The summed E-state index contributed by atoms with van der Waals surface area (Å²) in [6, 6.07) is 7.52. The third kappa shape index (κ3) is 4.08. The SMILES string of the molecule is Cc1ccc([C@](O)(CBr)CC(Cl)(Cl)Cl)cc1. The molecule has 16 heavy (non-hydrogen) atoms. The van der Waals surface area contributed by atoms with Crippen LogP contribution in [0.4, 0.5) is 0 Å². The van der Waals surface area contributed by atoms with E-state index in [0.29, 0.717) is 5.33 Å². The molecule has 1 aromatic rings. The van der Waals surface area contributed by atoms with Gasteiger partial charge in [-0.3, -0.25) is 0 Å².